The van der Waals surface area contributed by atoms with Crippen molar-refractivity contribution in [3.63, 3.8) is 0 Å². The number of methoxy groups -OCH3 is 3. The summed E-state index contributed by atoms with van der Waals surface area (Å²) in [6, 6.07) is 3.58. The first-order chi connectivity index (χ1) is 12.2. The summed E-state index contributed by atoms with van der Waals surface area (Å²) in [5.74, 6) is 2.95. The van der Waals surface area contributed by atoms with Gasteiger partial charge in [-0.05, 0) is 25.2 Å². The van der Waals surface area contributed by atoms with Gasteiger partial charge in [-0.15, -0.1) is 22.6 Å². The van der Waals surface area contributed by atoms with Crippen LogP contribution in [0.15, 0.2) is 21.8 Å². The molecule has 0 aliphatic heterocycles. The largest absolute Gasteiger partial charge is 0.493 e. The number of thioether (sulfide) groups is 1. The van der Waals surface area contributed by atoms with E-state index in [-0.39, 0.29) is 12.4 Å². The van der Waals surface area contributed by atoms with E-state index in [1.54, 1.807) is 45.2 Å². The second-order valence-electron chi connectivity index (χ2n) is 5.16. The number of hydrogen-bond donors (Lipinski definition) is 0. The Morgan fingerprint density at radius 3 is 2.12 bits per heavy atom. The van der Waals surface area contributed by atoms with Crippen LogP contribution in [0.3, 0.4) is 0 Å². The lowest BCUT2D eigenvalue weighted by atomic mass is 10.2. The second kappa shape index (κ2) is 11.2. The maximum Gasteiger partial charge on any atom is 0.276 e. The number of nitrogens with zero attached hydrogens (tertiary/aromatic N) is 3. The quantitative estimate of drug-likeness (QED) is 0.557. The van der Waals surface area contributed by atoms with Gasteiger partial charge in [0.2, 0.25) is 11.6 Å². The summed E-state index contributed by atoms with van der Waals surface area (Å²) in [5.41, 5.74) is 0.720. The zero-order valence-electron chi connectivity index (χ0n) is 15.8. The minimum Gasteiger partial charge on any atom is -0.493 e. The average molecular weight is 404 g/mol. The van der Waals surface area contributed by atoms with Gasteiger partial charge in [0.15, 0.2) is 11.5 Å². The predicted molar refractivity (Wildman–Crippen MR) is 105 cm³/mol. The van der Waals surface area contributed by atoms with E-state index in [1.807, 2.05) is 0 Å². The molecule has 146 valence electrons. The Labute approximate surface area is 164 Å². The monoisotopic (exact) mass is 403 g/mol. The van der Waals surface area contributed by atoms with Crippen molar-refractivity contribution in [2.24, 2.45) is 0 Å². The van der Waals surface area contributed by atoms with E-state index in [1.165, 1.54) is 0 Å². The molecule has 0 aliphatic rings. The van der Waals surface area contributed by atoms with Crippen molar-refractivity contribution in [2.45, 2.75) is 19.1 Å². The van der Waals surface area contributed by atoms with Crippen LogP contribution < -0.4 is 14.2 Å². The van der Waals surface area contributed by atoms with Gasteiger partial charge >= 0.3 is 0 Å². The molecule has 0 N–H and O–H groups in total. The Morgan fingerprint density at radius 2 is 1.62 bits per heavy atom. The molecule has 26 heavy (non-hydrogen) atoms. The highest BCUT2D eigenvalue weighted by molar-refractivity contribution is 7.99. The summed E-state index contributed by atoms with van der Waals surface area (Å²) in [4.78, 5) is 2.35. The van der Waals surface area contributed by atoms with Gasteiger partial charge in [-0.1, -0.05) is 25.6 Å². The first-order valence-corrected chi connectivity index (χ1v) is 9.14. The van der Waals surface area contributed by atoms with Gasteiger partial charge in [0.05, 0.1) is 21.3 Å². The lowest BCUT2D eigenvalue weighted by Gasteiger charge is -2.16. The molecule has 0 aliphatic carbocycles. The summed E-state index contributed by atoms with van der Waals surface area (Å²) in [6.45, 7) is 7.38. The molecule has 7 nitrogen and oxygen atoms in total. The highest BCUT2D eigenvalue weighted by Crippen LogP contribution is 2.41. The van der Waals surface area contributed by atoms with E-state index >= 15 is 0 Å². The van der Waals surface area contributed by atoms with Gasteiger partial charge in [-0.25, -0.2) is 0 Å². The van der Waals surface area contributed by atoms with E-state index in [2.05, 4.69) is 28.9 Å². The predicted octanol–water partition coefficient (Wildman–Crippen LogP) is 3.62. The maximum absolute atomic E-state index is 5.76. The minimum absolute atomic E-state index is 0. The molecular weight excluding hydrogens is 378 g/mol. The fourth-order valence-corrected chi connectivity index (χ4v) is 3.15. The Morgan fingerprint density at radius 1 is 1.00 bits per heavy atom. The zero-order valence-corrected chi connectivity index (χ0v) is 17.4. The van der Waals surface area contributed by atoms with Gasteiger partial charge in [-0.2, -0.15) is 0 Å². The van der Waals surface area contributed by atoms with Crippen molar-refractivity contribution >= 4 is 24.2 Å². The van der Waals surface area contributed by atoms with Crippen LogP contribution in [0.25, 0.3) is 11.5 Å². The molecular formula is C17H26ClN3O4S. The number of halogens is 1. The van der Waals surface area contributed by atoms with Crippen LogP contribution in [0.1, 0.15) is 13.8 Å². The third-order valence-corrected chi connectivity index (χ3v) is 4.64. The van der Waals surface area contributed by atoms with Crippen molar-refractivity contribution in [1.82, 2.24) is 15.1 Å². The molecule has 2 rings (SSSR count). The van der Waals surface area contributed by atoms with Crippen LogP contribution in [-0.2, 0) is 0 Å². The van der Waals surface area contributed by atoms with Gasteiger partial charge in [-0.3, -0.25) is 0 Å². The van der Waals surface area contributed by atoms with Crippen LogP contribution in [-0.4, -0.2) is 61.8 Å². The Hall–Kier alpha value is -1.64. The second-order valence-corrected chi connectivity index (χ2v) is 6.21. The SMILES string of the molecule is CCN(CC)CCSc1nnc(-c2cc(OC)c(OC)c(OC)c2)o1.Cl. The Bertz CT molecular complexity index is 655. The fraction of sp³-hybridized carbons (Fsp3) is 0.529. The molecule has 0 amide bonds. The van der Waals surface area contributed by atoms with E-state index < -0.39 is 0 Å². The molecule has 0 saturated heterocycles. The van der Waals surface area contributed by atoms with Gasteiger partial charge in [0, 0.05) is 17.9 Å². The topological polar surface area (TPSA) is 69.9 Å². The first-order valence-electron chi connectivity index (χ1n) is 8.15. The molecule has 1 heterocycles. The molecule has 0 bridgehead atoms. The van der Waals surface area contributed by atoms with E-state index in [4.69, 9.17) is 18.6 Å². The lowest BCUT2D eigenvalue weighted by molar-refractivity contribution is 0.323. The van der Waals surface area contributed by atoms with Gasteiger partial charge < -0.3 is 23.5 Å². The van der Waals surface area contributed by atoms with Crippen LogP contribution in [0, 0.1) is 0 Å². The summed E-state index contributed by atoms with van der Waals surface area (Å²) in [5, 5.41) is 8.79. The van der Waals surface area contributed by atoms with E-state index in [0.29, 0.717) is 28.4 Å². The standard InChI is InChI=1S/C17H25N3O4S.ClH/c1-6-20(7-2)8-9-25-17-19-18-16(24-17)12-10-13(21-3)15(23-5)14(11-12)22-4;/h10-11H,6-9H2,1-5H3;1H. The zero-order chi connectivity index (χ0) is 18.2. The molecule has 0 radical (unpaired) electrons. The summed E-state index contributed by atoms with van der Waals surface area (Å²) < 4.78 is 21.8. The van der Waals surface area contributed by atoms with Crippen LogP contribution in [0.2, 0.25) is 0 Å². The van der Waals surface area contributed by atoms with Gasteiger partial charge in [0.25, 0.3) is 5.22 Å². The molecule has 1 aromatic heterocycles. The Kier molecular flexibility index (Phi) is 9.61. The van der Waals surface area contributed by atoms with Crippen molar-refractivity contribution in [3.05, 3.63) is 12.1 Å². The number of aromatic nitrogens is 2. The normalized spacial score (nSPS) is 10.5. The molecule has 9 heteroatoms. The smallest absolute Gasteiger partial charge is 0.276 e. The van der Waals surface area contributed by atoms with Crippen LogP contribution in [0.4, 0.5) is 0 Å². The third kappa shape index (κ3) is 5.43. The highest BCUT2D eigenvalue weighted by Gasteiger charge is 2.17. The molecule has 2 aromatic rings. The van der Waals surface area contributed by atoms with Crippen molar-refractivity contribution in [3.8, 4) is 28.7 Å². The number of rotatable bonds is 10. The average Bonchev–Trinajstić information content (AvgIpc) is 3.12. The van der Waals surface area contributed by atoms with Gasteiger partial charge in [0.1, 0.15) is 0 Å². The van der Waals surface area contributed by atoms with Crippen molar-refractivity contribution in [1.29, 1.82) is 0 Å². The molecule has 0 fully saturated rings. The van der Waals surface area contributed by atoms with E-state index in [0.717, 1.165) is 31.0 Å². The molecule has 0 atom stereocenters. The summed E-state index contributed by atoms with van der Waals surface area (Å²) in [6.07, 6.45) is 0. The molecule has 0 unspecified atom stereocenters. The van der Waals surface area contributed by atoms with Crippen LogP contribution >= 0.6 is 24.2 Å². The lowest BCUT2D eigenvalue weighted by Crippen LogP contribution is -2.25. The van der Waals surface area contributed by atoms with Crippen molar-refractivity contribution in [2.75, 3.05) is 46.7 Å². The molecule has 0 spiro atoms. The van der Waals surface area contributed by atoms with Crippen LogP contribution in [0.5, 0.6) is 17.2 Å². The molecule has 0 saturated carbocycles. The maximum atomic E-state index is 5.76. The van der Waals surface area contributed by atoms with Crippen molar-refractivity contribution < 1.29 is 18.6 Å². The third-order valence-electron chi connectivity index (χ3n) is 3.85. The highest BCUT2D eigenvalue weighted by atomic mass is 35.5. The number of hydrogen-bond acceptors (Lipinski definition) is 8. The number of benzene rings is 1. The molecule has 1 aromatic carbocycles. The first kappa shape index (κ1) is 22.4. The Balaban J connectivity index is 0.00000338. The van der Waals surface area contributed by atoms with E-state index in [9.17, 15) is 0 Å². The fourth-order valence-electron chi connectivity index (χ4n) is 2.39. The summed E-state index contributed by atoms with van der Waals surface area (Å²) in [7, 11) is 4.71. The minimum atomic E-state index is 0. The summed E-state index contributed by atoms with van der Waals surface area (Å²) >= 11 is 1.55. The number of ether oxygens (including phenoxy) is 3.